The van der Waals surface area contributed by atoms with Crippen LogP contribution < -0.4 is 15.4 Å². The molecule has 1 unspecified atom stereocenters. The van der Waals surface area contributed by atoms with E-state index in [9.17, 15) is 37.5 Å². The number of hydrogen-bond donors (Lipinski definition) is 3. The van der Waals surface area contributed by atoms with E-state index in [0.717, 1.165) is 27.5 Å². The maximum absolute atomic E-state index is 14.5. The quantitative estimate of drug-likeness (QED) is 0.154. The molecular weight excluding hydrogens is 862 g/mol. The van der Waals surface area contributed by atoms with Gasteiger partial charge in [-0.1, -0.05) is 41.4 Å². The lowest BCUT2D eigenvalue weighted by Gasteiger charge is -2.45. The number of fused-ring (bicyclic) bond motifs is 2. The molecule has 1 aromatic heterocycles. The average molecular weight is 915 g/mol. The summed E-state index contributed by atoms with van der Waals surface area (Å²) >= 11 is 12.5. The molecule has 2 fully saturated rings. The van der Waals surface area contributed by atoms with Crippen molar-refractivity contribution in [3.8, 4) is 22.8 Å². The number of benzene rings is 3. The molecule has 3 aromatic carbocycles. The largest absolute Gasteiger partial charge is 0.457 e. The summed E-state index contributed by atoms with van der Waals surface area (Å²) in [5.41, 5.74) is 1.60. The molecule has 4 amide bonds. The van der Waals surface area contributed by atoms with Crippen molar-refractivity contribution in [2.75, 3.05) is 27.2 Å². The Kier molecular flexibility index (Phi) is 14.8. The lowest BCUT2D eigenvalue weighted by Crippen LogP contribution is -2.66. The van der Waals surface area contributed by atoms with Crippen molar-refractivity contribution in [1.29, 1.82) is 0 Å². The standard InChI is InChI=1S/C45H52Cl2F3N7O6/c1-27-41(60)52-40(28(2)58)42(61)53-44(21-29-7-12-33(46)13-8-29)17-6-18-56(26-44)43(62)32(22-45(48,49)50)19-39(59)57(27)24-31-9-14-34(47)20-37(31)63-35-15-10-30(11-16-35)36-23-51-38(55(36)5)25-54(3)4/h7-16,20,23,27-28,32,40,58H,6,17-19,21-22,24-26H2,1-5H3,(H,52,60)(H,53,61)/t27-,28?,32-,40-,44+/m0/s1. The molecule has 0 saturated carbocycles. The zero-order chi connectivity index (χ0) is 45.8. The number of rotatable bonds is 11. The van der Waals surface area contributed by atoms with E-state index in [2.05, 4.69) is 15.6 Å². The molecule has 2 aliphatic rings. The maximum Gasteiger partial charge on any atom is 0.389 e. The fourth-order valence-electron chi connectivity index (χ4n) is 8.22. The number of ether oxygens (including phenoxy) is 1. The van der Waals surface area contributed by atoms with Gasteiger partial charge in [0.05, 0.1) is 49.0 Å². The van der Waals surface area contributed by atoms with Crippen molar-refractivity contribution in [2.24, 2.45) is 13.0 Å². The lowest BCUT2D eigenvalue weighted by atomic mass is 9.81. The van der Waals surface area contributed by atoms with Crippen molar-refractivity contribution in [2.45, 2.75) is 88.9 Å². The van der Waals surface area contributed by atoms with Gasteiger partial charge >= 0.3 is 6.18 Å². The van der Waals surface area contributed by atoms with Gasteiger partial charge in [-0.2, -0.15) is 13.2 Å². The molecule has 18 heteroatoms. The predicted molar refractivity (Wildman–Crippen MR) is 232 cm³/mol. The number of nitrogens with one attached hydrogen (secondary N) is 2. The Labute approximate surface area is 374 Å². The van der Waals surface area contributed by atoms with Crippen molar-refractivity contribution in [3.63, 3.8) is 0 Å². The summed E-state index contributed by atoms with van der Waals surface area (Å²) in [6.45, 7) is 2.87. The van der Waals surface area contributed by atoms with Crippen LogP contribution in [0.15, 0.2) is 72.9 Å². The van der Waals surface area contributed by atoms with Gasteiger partial charge in [0.25, 0.3) is 0 Å². The number of piperidine rings is 1. The molecule has 5 atom stereocenters. The zero-order valence-electron chi connectivity index (χ0n) is 35.7. The molecule has 4 aromatic rings. The third kappa shape index (κ3) is 11.9. The van der Waals surface area contributed by atoms with Crippen LogP contribution in [0, 0.1) is 5.92 Å². The van der Waals surface area contributed by atoms with Gasteiger partial charge < -0.3 is 39.7 Å². The minimum Gasteiger partial charge on any atom is -0.457 e. The van der Waals surface area contributed by atoms with Crippen molar-refractivity contribution in [1.82, 2.24) is 34.9 Å². The van der Waals surface area contributed by atoms with Crippen LogP contribution in [0.2, 0.25) is 10.0 Å². The highest BCUT2D eigenvalue weighted by Crippen LogP contribution is 2.35. The van der Waals surface area contributed by atoms with Crippen molar-refractivity contribution in [3.05, 3.63) is 99.9 Å². The summed E-state index contributed by atoms with van der Waals surface area (Å²) in [7, 11) is 5.84. The number of halogens is 5. The summed E-state index contributed by atoms with van der Waals surface area (Å²) in [6.07, 6.45) is -6.13. The Bertz CT molecular complexity index is 2290. The fourth-order valence-corrected chi connectivity index (χ4v) is 8.51. The highest BCUT2D eigenvalue weighted by molar-refractivity contribution is 6.31. The monoisotopic (exact) mass is 913 g/mol. The second kappa shape index (κ2) is 19.7. The number of aliphatic hydroxyl groups is 1. The Balaban J connectivity index is 1.33. The lowest BCUT2D eigenvalue weighted by molar-refractivity contribution is -0.164. The molecule has 6 rings (SSSR count). The molecule has 338 valence electrons. The van der Waals surface area contributed by atoms with Gasteiger partial charge in [0.15, 0.2) is 0 Å². The topological polar surface area (TPSA) is 149 Å². The number of carbonyl (C=O) groups excluding carboxylic acids is 4. The highest BCUT2D eigenvalue weighted by atomic mass is 35.5. The third-order valence-corrected chi connectivity index (χ3v) is 12.0. The number of hydrogen-bond acceptors (Lipinski definition) is 8. The van der Waals surface area contributed by atoms with E-state index in [1.807, 2.05) is 42.7 Å². The molecule has 3 N–H and O–H groups in total. The number of alkyl halides is 3. The molecule has 0 aliphatic carbocycles. The zero-order valence-corrected chi connectivity index (χ0v) is 37.2. The summed E-state index contributed by atoms with van der Waals surface area (Å²) in [4.78, 5) is 65.9. The van der Waals surface area contributed by atoms with Crippen LogP contribution in [0.3, 0.4) is 0 Å². The van der Waals surface area contributed by atoms with Gasteiger partial charge in [-0.15, -0.1) is 0 Å². The first-order chi connectivity index (χ1) is 29.7. The van der Waals surface area contributed by atoms with E-state index in [1.165, 1.54) is 30.9 Å². The molecule has 2 aliphatic heterocycles. The smallest absolute Gasteiger partial charge is 0.389 e. The first kappa shape index (κ1) is 47.3. The number of carbonyl (C=O) groups is 4. The molecule has 13 nitrogen and oxygen atoms in total. The molecule has 2 bridgehead atoms. The first-order valence-electron chi connectivity index (χ1n) is 20.6. The number of nitrogens with zero attached hydrogens (tertiary/aromatic N) is 5. The Morgan fingerprint density at radius 2 is 1.68 bits per heavy atom. The Morgan fingerprint density at radius 1 is 1.00 bits per heavy atom. The van der Waals surface area contributed by atoms with Crippen LogP contribution in [0.5, 0.6) is 11.5 Å². The number of imidazole rings is 1. The van der Waals surface area contributed by atoms with Crippen molar-refractivity contribution < 1.29 is 42.2 Å². The second-order valence-corrected chi connectivity index (χ2v) is 17.7. The summed E-state index contributed by atoms with van der Waals surface area (Å²) in [5.74, 6) is -3.85. The number of amides is 4. The van der Waals surface area contributed by atoms with Gasteiger partial charge in [0.1, 0.15) is 29.4 Å². The summed E-state index contributed by atoms with van der Waals surface area (Å²) in [6, 6.07) is 15.7. The minimum absolute atomic E-state index is 0.0856. The predicted octanol–water partition coefficient (Wildman–Crippen LogP) is 6.52. The third-order valence-electron chi connectivity index (χ3n) is 11.5. The minimum atomic E-state index is -4.83. The summed E-state index contributed by atoms with van der Waals surface area (Å²) in [5, 5.41) is 17.2. The van der Waals surface area contributed by atoms with E-state index < -0.39 is 72.3 Å². The molecule has 63 heavy (non-hydrogen) atoms. The maximum atomic E-state index is 14.5. The average Bonchev–Trinajstić information content (AvgIpc) is 3.57. The van der Waals surface area contributed by atoms with Crippen LogP contribution in [0.1, 0.15) is 56.5 Å². The number of aromatic nitrogens is 2. The van der Waals surface area contributed by atoms with Gasteiger partial charge in [-0.05, 0) is 101 Å². The normalized spacial score (nSPS) is 22.1. The second-order valence-electron chi connectivity index (χ2n) is 16.8. The van der Waals surface area contributed by atoms with Gasteiger partial charge in [-0.3, -0.25) is 19.2 Å². The Morgan fingerprint density at radius 3 is 2.33 bits per heavy atom. The van der Waals surface area contributed by atoms with Crippen LogP contribution in [0.25, 0.3) is 11.3 Å². The first-order valence-corrected chi connectivity index (χ1v) is 21.4. The van der Waals surface area contributed by atoms with E-state index in [0.29, 0.717) is 35.7 Å². The van der Waals surface area contributed by atoms with Crippen molar-refractivity contribution >= 4 is 46.8 Å². The van der Waals surface area contributed by atoms with Gasteiger partial charge in [0.2, 0.25) is 23.6 Å². The fraction of sp³-hybridized carbons (Fsp3) is 0.444. The SMILES string of the molecule is CC(O)[C@@H]1NC(=O)[C@H](C)N(Cc2ccc(Cl)cc2Oc2ccc(-c3cnc(CN(C)C)n3C)cc2)C(=O)C[C@@H](CC(F)(F)F)C(=O)N2CCC[C@@](Cc3ccc(Cl)cc3)(C2)NC1=O. The van der Waals surface area contributed by atoms with E-state index in [1.54, 1.807) is 48.7 Å². The van der Waals surface area contributed by atoms with E-state index >= 15 is 0 Å². The Hall–Kier alpha value is -5.16. The molecule has 0 radical (unpaired) electrons. The van der Waals surface area contributed by atoms with Gasteiger partial charge in [-0.25, -0.2) is 4.98 Å². The highest BCUT2D eigenvalue weighted by Gasteiger charge is 2.46. The molecule has 3 heterocycles. The molecule has 2 saturated heterocycles. The molecule has 0 spiro atoms. The van der Waals surface area contributed by atoms with Crippen LogP contribution >= 0.6 is 23.2 Å². The van der Waals surface area contributed by atoms with Gasteiger partial charge in [0, 0.05) is 47.7 Å². The summed E-state index contributed by atoms with van der Waals surface area (Å²) < 4.78 is 51.2. The molecular formula is C45H52Cl2F3N7O6. The van der Waals surface area contributed by atoms with Crippen LogP contribution in [-0.2, 0) is 45.7 Å². The van der Waals surface area contributed by atoms with Crippen LogP contribution in [0.4, 0.5) is 13.2 Å². The number of aliphatic hydroxyl groups excluding tert-OH is 1. The van der Waals surface area contributed by atoms with E-state index in [4.69, 9.17) is 27.9 Å². The van der Waals surface area contributed by atoms with Crippen LogP contribution in [-0.4, -0.2) is 110 Å². The van der Waals surface area contributed by atoms with E-state index in [-0.39, 0.29) is 36.8 Å².